The summed E-state index contributed by atoms with van der Waals surface area (Å²) < 4.78 is 0. The zero-order valence-corrected chi connectivity index (χ0v) is 7.77. The van der Waals surface area contributed by atoms with Gasteiger partial charge in [0.15, 0.2) is 5.82 Å². The maximum atomic E-state index is 5.40. The zero-order valence-electron chi connectivity index (χ0n) is 7.77. The van der Waals surface area contributed by atoms with Gasteiger partial charge in [-0.2, -0.15) is 5.10 Å². The Morgan fingerprint density at radius 3 is 2.77 bits per heavy atom. The third-order valence-electron chi connectivity index (χ3n) is 1.71. The molecule has 0 atom stereocenters. The van der Waals surface area contributed by atoms with E-state index in [1.165, 1.54) is 0 Å². The Kier molecular flexibility index (Phi) is 3.40. The molecule has 0 aliphatic rings. The maximum absolute atomic E-state index is 5.40. The minimum Gasteiger partial charge on any atom is -0.354 e. The standard InChI is InChI=1S/C9H14N4/c1-3-6-13(2)9-5-4-8(7-10)11-12-9/h3-5H,1,6-7,10H2,2H3. The van der Waals surface area contributed by atoms with E-state index in [-0.39, 0.29) is 0 Å². The highest BCUT2D eigenvalue weighted by Crippen LogP contribution is 2.06. The number of hydrogen-bond acceptors (Lipinski definition) is 4. The van der Waals surface area contributed by atoms with E-state index in [4.69, 9.17) is 5.73 Å². The average molecular weight is 178 g/mol. The van der Waals surface area contributed by atoms with Crippen LogP contribution in [0, 0.1) is 0 Å². The van der Waals surface area contributed by atoms with Gasteiger partial charge in [0, 0.05) is 20.1 Å². The number of aromatic nitrogens is 2. The molecule has 1 heterocycles. The van der Waals surface area contributed by atoms with Crippen LogP contribution in [0.15, 0.2) is 24.8 Å². The predicted molar refractivity (Wildman–Crippen MR) is 53.4 cm³/mol. The third kappa shape index (κ3) is 2.52. The molecular formula is C9H14N4. The first-order chi connectivity index (χ1) is 6.27. The molecule has 0 fully saturated rings. The molecule has 0 aliphatic heterocycles. The normalized spacial score (nSPS) is 9.69. The lowest BCUT2D eigenvalue weighted by atomic mass is 10.4. The molecule has 4 heteroatoms. The molecule has 4 nitrogen and oxygen atoms in total. The first-order valence-corrected chi connectivity index (χ1v) is 4.12. The summed E-state index contributed by atoms with van der Waals surface area (Å²) in [7, 11) is 1.94. The van der Waals surface area contributed by atoms with Crippen molar-refractivity contribution in [3.05, 3.63) is 30.5 Å². The average Bonchev–Trinajstić information content (AvgIpc) is 2.18. The summed E-state index contributed by atoms with van der Waals surface area (Å²) in [6, 6.07) is 3.78. The Morgan fingerprint density at radius 1 is 1.54 bits per heavy atom. The highest BCUT2D eigenvalue weighted by Gasteiger charge is 2.00. The van der Waals surface area contributed by atoms with Crippen LogP contribution < -0.4 is 10.6 Å². The molecule has 0 aliphatic carbocycles. The second-order valence-corrected chi connectivity index (χ2v) is 2.76. The van der Waals surface area contributed by atoms with Crippen molar-refractivity contribution in [3.63, 3.8) is 0 Å². The Labute approximate surface area is 78.1 Å². The summed E-state index contributed by atoms with van der Waals surface area (Å²) in [4.78, 5) is 1.96. The van der Waals surface area contributed by atoms with Crippen LogP contribution in [0.1, 0.15) is 5.69 Å². The summed E-state index contributed by atoms with van der Waals surface area (Å²) in [5.74, 6) is 0.831. The van der Waals surface area contributed by atoms with Gasteiger partial charge < -0.3 is 10.6 Å². The Bertz CT molecular complexity index is 267. The molecule has 0 saturated heterocycles. The molecule has 1 rings (SSSR count). The summed E-state index contributed by atoms with van der Waals surface area (Å²) in [6.07, 6.45) is 1.82. The molecule has 70 valence electrons. The van der Waals surface area contributed by atoms with Gasteiger partial charge >= 0.3 is 0 Å². The van der Waals surface area contributed by atoms with Gasteiger partial charge in [0.25, 0.3) is 0 Å². The van der Waals surface area contributed by atoms with Crippen LogP contribution in [0.4, 0.5) is 5.82 Å². The lowest BCUT2D eigenvalue weighted by Gasteiger charge is -2.14. The van der Waals surface area contributed by atoms with E-state index in [0.29, 0.717) is 6.54 Å². The molecule has 1 aromatic rings. The molecule has 0 unspecified atom stereocenters. The second-order valence-electron chi connectivity index (χ2n) is 2.76. The molecule has 0 spiro atoms. The number of nitrogens with zero attached hydrogens (tertiary/aromatic N) is 3. The second kappa shape index (κ2) is 4.57. The highest BCUT2D eigenvalue weighted by atomic mass is 15.2. The predicted octanol–water partition coefficient (Wildman–Crippen LogP) is 0.557. The highest BCUT2D eigenvalue weighted by molar-refractivity contribution is 5.36. The van der Waals surface area contributed by atoms with Gasteiger partial charge in [-0.1, -0.05) is 6.08 Å². The topological polar surface area (TPSA) is 55.0 Å². The lowest BCUT2D eigenvalue weighted by molar-refractivity contribution is 0.866. The van der Waals surface area contributed by atoms with Crippen molar-refractivity contribution in [1.29, 1.82) is 0 Å². The number of anilines is 1. The molecule has 0 amide bonds. The van der Waals surface area contributed by atoms with Crippen LogP contribution in [-0.2, 0) is 6.54 Å². The molecule has 13 heavy (non-hydrogen) atoms. The Morgan fingerprint density at radius 2 is 2.31 bits per heavy atom. The first-order valence-electron chi connectivity index (χ1n) is 4.12. The van der Waals surface area contributed by atoms with E-state index in [1.54, 1.807) is 0 Å². The van der Waals surface area contributed by atoms with Crippen molar-refractivity contribution < 1.29 is 0 Å². The van der Waals surface area contributed by atoms with Crippen molar-refractivity contribution in [3.8, 4) is 0 Å². The fourth-order valence-electron chi connectivity index (χ4n) is 0.952. The van der Waals surface area contributed by atoms with Gasteiger partial charge in [0.1, 0.15) is 0 Å². The SMILES string of the molecule is C=CCN(C)c1ccc(CN)nn1. The van der Waals surface area contributed by atoms with Crippen LogP contribution in [0.2, 0.25) is 0 Å². The van der Waals surface area contributed by atoms with Gasteiger partial charge in [0.05, 0.1) is 5.69 Å². The van der Waals surface area contributed by atoms with Crippen LogP contribution in [0.25, 0.3) is 0 Å². The summed E-state index contributed by atoms with van der Waals surface area (Å²) in [6.45, 7) is 4.84. The van der Waals surface area contributed by atoms with Crippen LogP contribution in [-0.4, -0.2) is 23.8 Å². The maximum Gasteiger partial charge on any atom is 0.151 e. The minimum absolute atomic E-state index is 0.429. The van der Waals surface area contributed by atoms with Gasteiger partial charge in [-0.25, -0.2) is 0 Å². The summed E-state index contributed by atoms with van der Waals surface area (Å²) >= 11 is 0. The Hall–Kier alpha value is -1.42. The van der Waals surface area contributed by atoms with E-state index in [0.717, 1.165) is 18.1 Å². The molecular weight excluding hydrogens is 164 g/mol. The van der Waals surface area contributed by atoms with Gasteiger partial charge in [0.2, 0.25) is 0 Å². The third-order valence-corrected chi connectivity index (χ3v) is 1.71. The molecule has 0 aromatic carbocycles. The summed E-state index contributed by atoms with van der Waals surface area (Å²) in [5.41, 5.74) is 6.20. The quantitative estimate of drug-likeness (QED) is 0.684. The number of likely N-dealkylation sites (N-methyl/N-ethyl adjacent to an activating group) is 1. The smallest absolute Gasteiger partial charge is 0.151 e. The van der Waals surface area contributed by atoms with Crippen LogP contribution in [0.5, 0.6) is 0 Å². The van der Waals surface area contributed by atoms with Crippen molar-refractivity contribution in [2.45, 2.75) is 6.54 Å². The largest absolute Gasteiger partial charge is 0.354 e. The van der Waals surface area contributed by atoms with Crippen molar-refractivity contribution >= 4 is 5.82 Å². The molecule has 0 saturated carbocycles. The fraction of sp³-hybridized carbons (Fsp3) is 0.333. The van der Waals surface area contributed by atoms with Crippen molar-refractivity contribution in [1.82, 2.24) is 10.2 Å². The number of nitrogens with two attached hydrogens (primary N) is 1. The molecule has 0 radical (unpaired) electrons. The van der Waals surface area contributed by atoms with Gasteiger partial charge in [-0.15, -0.1) is 11.7 Å². The number of hydrogen-bond donors (Lipinski definition) is 1. The van der Waals surface area contributed by atoms with E-state index in [9.17, 15) is 0 Å². The van der Waals surface area contributed by atoms with Crippen LogP contribution >= 0.6 is 0 Å². The van der Waals surface area contributed by atoms with Crippen LogP contribution in [0.3, 0.4) is 0 Å². The minimum atomic E-state index is 0.429. The molecule has 2 N–H and O–H groups in total. The summed E-state index contributed by atoms with van der Waals surface area (Å²) in [5, 5.41) is 7.97. The van der Waals surface area contributed by atoms with E-state index >= 15 is 0 Å². The van der Waals surface area contributed by atoms with E-state index in [1.807, 2.05) is 30.2 Å². The molecule has 0 bridgehead atoms. The van der Waals surface area contributed by atoms with Gasteiger partial charge in [-0.05, 0) is 12.1 Å². The lowest BCUT2D eigenvalue weighted by Crippen LogP contribution is -2.18. The zero-order chi connectivity index (χ0) is 9.68. The Balaban J connectivity index is 2.73. The van der Waals surface area contributed by atoms with Gasteiger partial charge in [-0.3, -0.25) is 0 Å². The first kappa shape index (κ1) is 9.67. The van der Waals surface area contributed by atoms with E-state index in [2.05, 4.69) is 16.8 Å². The monoisotopic (exact) mass is 178 g/mol. The fourth-order valence-corrected chi connectivity index (χ4v) is 0.952. The van der Waals surface area contributed by atoms with E-state index < -0.39 is 0 Å². The van der Waals surface area contributed by atoms with Crippen molar-refractivity contribution in [2.75, 3.05) is 18.5 Å². The molecule has 1 aromatic heterocycles. The number of rotatable bonds is 4. The van der Waals surface area contributed by atoms with Crippen molar-refractivity contribution in [2.24, 2.45) is 5.73 Å².